The first kappa shape index (κ1) is 25.1. The van der Waals surface area contributed by atoms with Gasteiger partial charge >= 0.3 is 5.97 Å². The Morgan fingerprint density at radius 3 is 2.68 bits per heavy atom. The second-order valence-corrected chi connectivity index (χ2v) is 10.6. The highest BCUT2D eigenvalue weighted by Crippen LogP contribution is 2.39. The molecular weight excluding hydrogens is 495 g/mol. The Labute approximate surface area is 217 Å². The van der Waals surface area contributed by atoms with Gasteiger partial charge in [0.1, 0.15) is 11.5 Å². The summed E-state index contributed by atoms with van der Waals surface area (Å²) in [7, 11) is 0. The van der Waals surface area contributed by atoms with Crippen molar-refractivity contribution in [3.63, 3.8) is 0 Å². The summed E-state index contributed by atoms with van der Waals surface area (Å²) in [4.78, 5) is 42.2. The van der Waals surface area contributed by atoms with E-state index in [2.05, 4.69) is 4.98 Å². The number of hydrogen-bond acceptors (Lipinski definition) is 6. The predicted octanol–water partition coefficient (Wildman–Crippen LogP) is 5.62. The number of thiophene rings is 1. The molecule has 0 saturated heterocycles. The number of benzene rings is 1. The zero-order valence-corrected chi connectivity index (χ0v) is 21.1. The van der Waals surface area contributed by atoms with Gasteiger partial charge in [0.05, 0.1) is 16.6 Å². The van der Waals surface area contributed by atoms with E-state index >= 15 is 0 Å². The number of Topliss-reactive ketones (excluding diaryl/α,β-unsaturated/α-hetero) is 1. The molecule has 2 aromatic heterocycles. The molecule has 9 heteroatoms. The van der Waals surface area contributed by atoms with Crippen LogP contribution in [0.4, 0.5) is 4.39 Å². The number of carboxylic acid groups (broad SMARTS) is 1. The molecule has 5 rings (SSSR count). The number of pyridine rings is 1. The van der Waals surface area contributed by atoms with Crippen LogP contribution in [0.3, 0.4) is 0 Å². The van der Waals surface area contributed by atoms with Crippen LogP contribution in [-0.2, 0) is 20.8 Å². The molecule has 1 saturated carbocycles. The molecule has 0 radical (unpaired) electrons. The van der Waals surface area contributed by atoms with Gasteiger partial charge < -0.3 is 14.7 Å². The number of aromatic nitrogens is 1. The summed E-state index contributed by atoms with van der Waals surface area (Å²) < 4.78 is 21.6. The van der Waals surface area contributed by atoms with Crippen LogP contribution in [0.25, 0.3) is 15.8 Å². The molecule has 1 aromatic carbocycles. The lowest BCUT2D eigenvalue weighted by molar-refractivity contribution is -0.140. The first-order valence-corrected chi connectivity index (χ1v) is 13.2. The summed E-state index contributed by atoms with van der Waals surface area (Å²) >= 11 is 1.50. The van der Waals surface area contributed by atoms with Crippen LogP contribution >= 0.6 is 11.3 Å². The maximum absolute atomic E-state index is 14.8. The first-order chi connectivity index (χ1) is 17.9. The predicted molar refractivity (Wildman–Crippen MR) is 138 cm³/mol. The molecule has 2 aliphatic rings. The summed E-state index contributed by atoms with van der Waals surface area (Å²) in [6.07, 6.45) is 7.12. The molecule has 3 heterocycles. The van der Waals surface area contributed by atoms with Crippen molar-refractivity contribution in [2.75, 3.05) is 13.1 Å². The summed E-state index contributed by atoms with van der Waals surface area (Å²) in [5.74, 6) is -0.408. The van der Waals surface area contributed by atoms with Crippen molar-refractivity contribution in [3.8, 4) is 11.5 Å². The van der Waals surface area contributed by atoms with Gasteiger partial charge in [-0.2, -0.15) is 0 Å². The fraction of sp³-hybridized carbons (Fsp3) is 0.357. The number of fused-ring (bicyclic) bond motifs is 1. The smallest absolute Gasteiger partial charge is 0.303 e. The van der Waals surface area contributed by atoms with E-state index in [1.807, 2.05) is 12.1 Å². The minimum absolute atomic E-state index is 0.000322. The molecule has 1 aliphatic carbocycles. The number of halogens is 1. The van der Waals surface area contributed by atoms with Crippen molar-refractivity contribution in [2.45, 2.75) is 44.9 Å². The second-order valence-electron chi connectivity index (χ2n) is 9.58. The quantitative estimate of drug-likeness (QED) is 0.371. The molecular formula is C28H27FN2O5S. The van der Waals surface area contributed by atoms with Crippen LogP contribution < -0.4 is 4.74 Å². The number of carbonyl (C=O) groups is 3. The fourth-order valence-electron chi connectivity index (χ4n) is 4.44. The largest absolute Gasteiger partial charge is 0.481 e. The number of ketones is 1. The molecule has 0 atom stereocenters. The number of nitrogens with zero attached hydrogens (tertiary/aromatic N) is 2. The monoisotopic (exact) mass is 522 g/mol. The highest BCUT2D eigenvalue weighted by atomic mass is 32.1. The van der Waals surface area contributed by atoms with Gasteiger partial charge in [0.25, 0.3) is 0 Å². The van der Waals surface area contributed by atoms with E-state index in [4.69, 9.17) is 9.84 Å². The highest BCUT2D eigenvalue weighted by Gasteiger charge is 2.24. The number of ether oxygens (including phenoxy) is 1. The minimum Gasteiger partial charge on any atom is -0.481 e. The second kappa shape index (κ2) is 10.8. The summed E-state index contributed by atoms with van der Waals surface area (Å²) in [6, 6.07) is 8.33. The van der Waals surface area contributed by atoms with E-state index in [1.54, 1.807) is 29.3 Å². The molecule has 7 nitrogen and oxygen atoms in total. The SMILES string of the molecule is O=C(O)CCC(=O)N1CC=C(c2cc3nccc(Oc4ccc(CC(=O)CC5CC5)cc4F)c3s2)CC1. The van der Waals surface area contributed by atoms with Crippen molar-refractivity contribution in [1.82, 2.24) is 9.88 Å². The maximum atomic E-state index is 14.8. The number of carboxylic acids is 1. The van der Waals surface area contributed by atoms with Gasteiger partial charge in [-0.15, -0.1) is 11.3 Å². The van der Waals surface area contributed by atoms with Crippen molar-refractivity contribution >= 4 is 44.8 Å². The molecule has 0 unspecified atom stereocenters. The van der Waals surface area contributed by atoms with Crippen molar-refractivity contribution in [2.24, 2.45) is 5.92 Å². The van der Waals surface area contributed by atoms with Crippen molar-refractivity contribution in [3.05, 3.63) is 58.9 Å². The number of carbonyl (C=O) groups excluding carboxylic acids is 2. The van der Waals surface area contributed by atoms with Crippen molar-refractivity contribution < 1.29 is 28.6 Å². The van der Waals surface area contributed by atoms with E-state index in [0.717, 1.165) is 33.5 Å². The number of aliphatic carboxylic acids is 1. The highest BCUT2D eigenvalue weighted by molar-refractivity contribution is 7.20. The number of amides is 1. The Kier molecular flexibility index (Phi) is 7.32. The van der Waals surface area contributed by atoms with E-state index in [9.17, 15) is 18.8 Å². The number of rotatable bonds is 10. The molecule has 1 aliphatic heterocycles. The van der Waals surface area contributed by atoms with Gasteiger partial charge in [-0.1, -0.05) is 12.1 Å². The topological polar surface area (TPSA) is 96.8 Å². The van der Waals surface area contributed by atoms with Gasteiger partial charge in [-0.3, -0.25) is 19.4 Å². The average Bonchev–Trinajstić information content (AvgIpc) is 3.57. The molecule has 0 spiro atoms. The average molecular weight is 523 g/mol. The lowest BCUT2D eigenvalue weighted by atomic mass is 10.0. The molecule has 192 valence electrons. The molecule has 1 fully saturated rings. The van der Waals surface area contributed by atoms with Crippen LogP contribution in [0.2, 0.25) is 0 Å². The Morgan fingerprint density at radius 2 is 1.97 bits per heavy atom. The van der Waals surface area contributed by atoms with Gasteiger partial charge in [0, 0.05) is 49.5 Å². The Bertz CT molecular complexity index is 1390. The lowest BCUT2D eigenvalue weighted by Crippen LogP contribution is -2.34. The van der Waals surface area contributed by atoms with E-state index < -0.39 is 11.8 Å². The molecule has 1 amide bonds. The molecule has 0 bridgehead atoms. The third kappa shape index (κ3) is 6.22. The van der Waals surface area contributed by atoms with Crippen LogP contribution in [0.1, 0.15) is 49.0 Å². The van der Waals surface area contributed by atoms with E-state index in [0.29, 0.717) is 43.2 Å². The fourth-order valence-corrected chi connectivity index (χ4v) is 5.58. The number of hydrogen-bond donors (Lipinski definition) is 1. The van der Waals surface area contributed by atoms with Crippen molar-refractivity contribution in [1.29, 1.82) is 0 Å². The van der Waals surface area contributed by atoms with E-state index in [-0.39, 0.29) is 36.7 Å². The zero-order valence-electron chi connectivity index (χ0n) is 20.2. The Hall–Kier alpha value is -3.59. The van der Waals surface area contributed by atoms with Gasteiger partial charge in [-0.05, 0) is 54.5 Å². The van der Waals surface area contributed by atoms with Crippen LogP contribution in [-0.4, -0.2) is 45.7 Å². The lowest BCUT2D eigenvalue weighted by Gasteiger charge is -2.26. The van der Waals surface area contributed by atoms with E-state index in [1.165, 1.54) is 17.4 Å². The van der Waals surface area contributed by atoms with Crippen LogP contribution in [0.5, 0.6) is 11.5 Å². The summed E-state index contributed by atoms with van der Waals surface area (Å²) in [5, 5.41) is 8.79. The normalized spacial score (nSPS) is 15.5. The summed E-state index contributed by atoms with van der Waals surface area (Å²) in [6.45, 7) is 0.954. The van der Waals surface area contributed by atoms with Gasteiger partial charge in [0.15, 0.2) is 11.6 Å². The molecule has 1 N–H and O–H groups in total. The Balaban J connectivity index is 1.28. The molecule has 3 aromatic rings. The van der Waals surface area contributed by atoms with Crippen LogP contribution in [0.15, 0.2) is 42.6 Å². The minimum atomic E-state index is -0.979. The Morgan fingerprint density at radius 1 is 1.14 bits per heavy atom. The van der Waals surface area contributed by atoms with Crippen LogP contribution in [0, 0.1) is 11.7 Å². The molecule has 37 heavy (non-hydrogen) atoms. The standard InChI is InChI=1S/C28H27FN2O5S/c29-21-15-18(14-20(32)13-17-1-2-17)3-4-23(21)36-24-7-10-30-22-16-25(37-28(22)24)19-8-11-31(12-9-19)26(33)5-6-27(34)35/h3-4,7-8,10,15-17H,1-2,5-6,9,11-14H2,(H,34,35). The third-order valence-electron chi connectivity index (χ3n) is 6.64. The first-order valence-electron chi connectivity index (χ1n) is 12.4. The van der Waals surface area contributed by atoms with Gasteiger partial charge in [0.2, 0.25) is 5.91 Å². The zero-order chi connectivity index (χ0) is 25.9. The third-order valence-corrected chi connectivity index (χ3v) is 7.85. The summed E-state index contributed by atoms with van der Waals surface area (Å²) in [5.41, 5.74) is 2.47. The van der Waals surface area contributed by atoms with Gasteiger partial charge in [-0.25, -0.2) is 4.39 Å². The maximum Gasteiger partial charge on any atom is 0.303 e.